The summed E-state index contributed by atoms with van der Waals surface area (Å²) in [5.41, 5.74) is 2.21. The standard InChI is InChI=1S/C19H21N5O/c1-14-12-18(22-17-13-15(25-2)4-5-16(14)17)23-8-10-24(11-9-23)19-20-6-3-7-21-19/h3-7,12-13H,8-11H2,1-2H3. The fourth-order valence-electron chi connectivity index (χ4n) is 3.24. The molecule has 25 heavy (non-hydrogen) atoms. The number of rotatable bonds is 3. The predicted octanol–water partition coefficient (Wildman–Crippen LogP) is 2.67. The molecule has 0 unspecified atom stereocenters. The van der Waals surface area contributed by atoms with Crippen LogP contribution in [0.15, 0.2) is 42.7 Å². The molecule has 6 nitrogen and oxygen atoms in total. The van der Waals surface area contributed by atoms with Gasteiger partial charge in [-0.05, 0) is 36.8 Å². The highest BCUT2D eigenvalue weighted by atomic mass is 16.5. The van der Waals surface area contributed by atoms with Gasteiger partial charge in [0.05, 0.1) is 12.6 Å². The Bertz CT molecular complexity index is 876. The second kappa shape index (κ2) is 6.55. The Labute approximate surface area is 147 Å². The highest BCUT2D eigenvalue weighted by molar-refractivity contribution is 5.85. The molecule has 2 aromatic heterocycles. The molecule has 1 aliphatic rings. The second-order valence-electron chi connectivity index (χ2n) is 6.20. The lowest BCUT2D eigenvalue weighted by Gasteiger charge is -2.35. The maximum absolute atomic E-state index is 5.34. The zero-order valence-electron chi connectivity index (χ0n) is 14.5. The summed E-state index contributed by atoms with van der Waals surface area (Å²) in [6.07, 6.45) is 3.58. The van der Waals surface area contributed by atoms with Crippen LogP contribution in [0.4, 0.5) is 11.8 Å². The molecule has 0 amide bonds. The SMILES string of the molecule is COc1ccc2c(C)cc(N3CCN(c4ncccn4)CC3)nc2c1. The van der Waals surface area contributed by atoms with Crippen molar-refractivity contribution in [2.75, 3.05) is 43.1 Å². The first-order valence-electron chi connectivity index (χ1n) is 8.47. The molecule has 0 radical (unpaired) electrons. The Hall–Kier alpha value is -2.89. The number of aromatic nitrogens is 3. The number of benzene rings is 1. The van der Waals surface area contributed by atoms with Crippen molar-refractivity contribution in [3.05, 3.63) is 48.3 Å². The number of piperazine rings is 1. The summed E-state index contributed by atoms with van der Waals surface area (Å²) >= 11 is 0. The van der Waals surface area contributed by atoms with E-state index in [1.54, 1.807) is 19.5 Å². The van der Waals surface area contributed by atoms with Gasteiger partial charge in [0.2, 0.25) is 5.95 Å². The van der Waals surface area contributed by atoms with E-state index in [4.69, 9.17) is 9.72 Å². The van der Waals surface area contributed by atoms with E-state index in [0.717, 1.165) is 49.2 Å². The van der Waals surface area contributed by atoms with Crippen LogP contribution < -0.4 is 14.5 Å². The van der Waals surface area contributed by atoms with Crippen molar-refractivity contribution < 1.29 is 4.74 Å². The molecule has 0 spiro atoms. The number of hydrogen-bond donors (Lipinski definition) is 0. The number of aryl methyl sites for hydroxylation is 1. The van der Waals surface area contributed by atoms with Gasteiger partial charge in [0, 0.05) is 50.0 Å². The highest BCUT2D eigenvalue weighted by Gasteiger charge is 2.20. The Balaban J connectivity index is 1.56. The van der Waals surface area contributed by atoms with Crippen molar-refractivity contribution in [2.45, 2.75) is 6.92 Å². The fourth-order valence-corrected chi connectivity index (χ4v) is 3.24. The largest absolute Gasteiger partial charge is 0.497 e. The van der Waals surface area contributed by atoms with E-state index in [1.165, 1.54) is 10.9 Å². The molecule has 1 saturated heterocycles. The average Bonchev–Trinajstić information content (AvgIpc) is 2.68. The molecular weight excluding hydrogens is 314 g/mol. The number of fused-ring (bicyclic) bond motifs is 1. The summed E-state index contributed by atoms with van der Waals surface area (Å²) < 4.78 is 5.34. The van der Waals surface area contributed by atoms with E-state index in [1.807, 2.05) is 18.2 Å². The third kappa shape index (κ3) is 3.07. The molecule has 0 atom stereocenters. The maximum atomic E-state index is 5.34. The van der Waals surface area contributed by atoms with Crippen LogP contribution in [0.1, 0.15) is 5.56 Å². The Morgan fingerprint density at radius 3 is 2.40 bits per heavy atom. The minimum Gasteiger partial charge on any atom is -0.497 e. The lowest BCUT2D eigenvalue weighted by molar-refractivity contribution is 0.415. The summed E-state index contributed by atoms with van der Waals surface area (Å²) in [6, 6.07) is 10.1. The Morgan fingerprint density at radius 2 is 1.68 bits per heavy atom. The van der Waals surface area contributed by atoms with Gasteiger partial charge in [-0.2, -0.15) is 0 Å². The van der Waals surface area contributed by atoms with Gasteiger partial charge in [0.1, 0.15) is 11.6 Å². The number of methoxy groups -OCH3 is 1. The van der Waals surface area contributed by atoms with Crippen molar-refractivity contribution in [3.8, 4) is 5.75 Å². The van der Waals surface area contributed by atoms with Crippen LogP contribution >= 0.6 is 0 Å². The number of pyridine rings is 1. The first kappa shape index (κ1) is 15.6. The van der Waals surface area contributed by atoms with Gasteiger partial charge in [-0.25, -0.2) is 15.0 Å². The molecule has 4 rings (SSSR count). The summed E-state index contributed by atoms with van der Waals surface area (Å²) in [5.74, 6) is 2.66. The van der Waals surface area contributed by atoms with E-state index in [9.17, 15) is 0 Å². The molecule has 3 aromatic rings. The van der Waals surface area contributed by atoms with Crippen LogP contribution in [0.25, 0.3) is 10.9 Å². The Kier molecular flexibility index (Phi) is 4.09. The number of anilines is 2. The molecule has 0 bridgehead atoms. The van der Waals surface area contributed by atoms with Gasteiger partial charge in [-0.3, -0.25) is 0 Å². The van der Waals surface area contributed by atoms with Crippen LogP contribution in [-0.4, -0.2) is 48.2 Å². The zero-order chi connectivity index (χ0) is 17.2. The summed E-state index contributed by atoms with van der Waals surface area (Å²) in [7, 11) is 1.68. The van der Waals surface area contributed by atoms with E-state index in [-0.39, 0.29) is 0 Å². The zero-order valence-corrected chi connectivity index (χ0v) is 14.5. The van der Waals surface area contributed by atoms with Crippen molar-refractivity contribution in [1.82, 2.24) is 15.0 Å². The van der Waals surface area contributed by atoms with E-state index < -0.39 is 0 Å². The van der Waals surface area contributed by atoms with Crippen LogP contribution in [0.3, 0.4) is 0 Å². The molecule has 1 fully saturated rings. The Morgan fingerprint density at radius 1 is 0.960 bits per heavy atom. The van der Waals surface area contributed by atoms with Crippen molar-refractivity contribution in [2.24, 2.45) is 0 Å². The van der Waals surface area contributed by atoms with Crippen molar-refractivity contribution in [1.29, 1.82) is 0 Å². The first-order chi connectivity index (χ1) is 12.2. The number of hydrogen-bond acceptors (Lipinski definition) is 6. The van der Waals surface area contributed by atoms with Gasteiger partial charge in [-0.1, -0.05) is 0 Å². The fraction of sp³-hybridized carbons (Fsp3) is 0.316. The normalized spacial score (nSPS) is 14.8. The number of ether oxygens (including phenoxy) is 1. The lowest BCUT2D eigenvalue weighted by atomic mass is 10.1. The topological polar surface area (TPSA) is 54.4 Å². The minimum absolute atomic E-state index is 0.800. The van der Waals surface area contributed by atoms with Gasteiger partial charge >= 0.3 is 0 Å². The molecule has 1 aromatic carbocycles. The van der Waals surface area contributed by atoms with Crippen LogP contribution in [0.2, 0.25) is 0 Å². The summed E-state index contributed by atoms with van der Waals surface area (Å²) in [4.78, 5) is 18.1. The quantitative estimate of drug-likeness (QED) is 0.733. The predicted molar refractivity (Wildman–Crippen MR) is 99.5 cm³/mol. The summed E-state index contributed by atoms with van der Waals surface area (Å²) in [6.45, 7) is 5.72. The van der Waals surface area contributed by atoms with E-state index >= 15 is 0 Å². The third-order valence-corrected chi connectivity index (χ3v) is 4.65. The monoisotopic (exact) mass is 335 g/mol. The lowest BCUT2D eigenvalue weighted by Crippen LogP contribution is -2.47. The molecule has 1 aliphatic heterocycles. The van der Waals surface area contributed by atoms with E-state index in [0.29, 0.717) is 0 Å². The van der Waals surface area contributed by atoms with Crippen LogP contribution in [0.5, 0.6) is 5.75 Å². The van der Waals surface area contributed by atoms with Crippen LogP contribution in [0, 0.1) is 6.92 Å². The molecule has 128 valence electrons. The van der Waals surface area contributed by atoms with E-state index in [2.05, 4.69) is 38.8 Å². The molecule has 0 N–H and O–H groups in total. The van der Waals surface area contributed by atoms with Crippen molar-refractivity contribution in [3.63, 3.8) is 0 Å². The second-order valence-corrected chi connectivity index (χ2v) is 6.20. The maximum Gasteiger partial charge on any atom is 0.225 e. The van der Waals surface area contributed by atoms with Crippen molar-refractivity contribution >= 4 is 22.7 Å². The molecule has 0 aliphatic carbocycles. The molecular formula is C19H21N5O. The average molecular weight is 335 g/mol. The molecule has 0 saturated carbocycles. The smallest absolute Gasteiger partial charge is 0.225 e. The van der Waals surface area contributed by atoms with Crippen LogP contribution in [-0.2, 0) is 0 Å². The molecule has 3 heterocycles. The third-order valence-electron chi connectivity index (χ3n) is 4.65. The highest BCUT2D eigenvalue weighted by Crippen LogP contribution is 2.26. The van der Waals surface area contributed by atoms with Gasteiger partial charge in [0.25, 0.3) is 0 Å². The number of nitrogens with zero attached hydrogens (tertiary/aromatic N) is 5. The minimum atomic E-state index is 0.800. The summed E-state index contributed by atoms with van der Waals surface area (Å²) in [5, 5.41) is 1.17. The molecule has 6 heteroatoms. The van der Waals surface area contributed by atoms with Gasteiger partial charge in [0.15, 0.2) is 0 Å². The van der Waals surface area contributed by atoms with Gasteiger partial charge < -0.3 is 14.5 Å². The first-order valence-corrected chi connectivity index (χ1v) is 8.47. The van der Waals surface area contributed by atoms with Gasteiger partial charge in [-0.15, -0.1) is 0 Å².